The smallest absolute Gasteiger partial charge is 0.290 e. The zero-order chi connectivity index (χ0) is 15.8. The van der Waals surface area contributed by atoms with Gasteiger partial charge in [-0.2, -0.15) is 24.5 Å². The number of aromatic nitrogens is 7. The first-order valence-corrected chi connectivity index (χ1v) is 5.81. The molecule has 14 nitrogen and oxygen atoms in total. The highest BCUT2D eigenvalue weighted by Gasteiger charge is 2.33. The molecule has 0 aliphatic heterocycles. The van der Waals surface area contributed by atoms with Crippen LogP contribution in [0.2, 0.25) is 0 Å². The summed E-state index contributed by atoms with van der Waals surface area (Å²) < 4.78 is 1.23. The maximum absolute atomic E-state index is 10.5. The van der Waals surface area contributed by atoms with Gasteiger partial charge in [0, 0.05) is 0 Å². The first-order valence-electron chi connectivity index (χ1n) is 5.81. The molecule has 0 aliphatic rings. The molecule has 114 valence electrons. The van der Waals surface area contributed by atoms with Crippen LogP contribution in [0.5, 0.6) is 0 Å². The molecule has 2 heterocycles. The third kappa shape index (κ3) is 3.41. The average Bonchev–Trinajstić information content (AvgIpc) is 3.03. The van der Waals surface area contributed by atoms with Crippen molar-refractivity contribution < 1.29 is 0 Å². The SMILES string of the molecule is O=NCC(CN=O)(CN=O)Nc1nnc(-n2cncn2)nn1. The van der Waals surface area contributed by atoms with Gasteiger partial charge in [0.2, 0.25) is 0 Å². The molecular formula is C8H9N11O3. The van der Waals surface area contributed by atoms with Gasteiger partial charge >= 0.3 is 0 Å². The van der Waals surface area contributed by atoms with E-state index in [1.807, 2.05) is 0 Å². The molecule has 1 N–H and O–H groups in total. The summed E-state index contributed by atoms with van der Waals surface area (Å²) in [7, 11) is 0. The molecule has 0 spiro atoms. The number of hydrogen-bond donors (Lipinski definition) is 1. The molecule has 22 heavy (non-hydrogen) atoms. The van der Waals surface area contributed by atoms with Gasteiger partial charge in [0.25, 0.3) is 11.9 Å². The lowest BCUT2D eigenvalue weighted by atomic mass is 10.0. The zero-order valence-electron chi connectivity index (χ0n) is 11.0. The summed E-state index contributed by atoms with van der Waals surface area (Å²) in [6.45, 7) is -1.30. The van der Waals surface area contributed by atoms with Crippen LogP contribution in [0.3, 0.4) is 0 Å². The lowest BCUT2D eigenvalue weighted by Crippen LogP contribution is -2.48. The molecule has 0 atom stereocenters. The largest absolute Gasteiger partial charge is 0.340 e. The van der Waals surface area contributed by atoms with Crippen LogP contribution in [0.15, 0.2) is 28.2 Å². The lowest BCUT2D eigenvalue weighted by Gasteiger charge is -2.26. The molecule has 0 bridgehead atoms. The molecule has 0 aromatic carbocycles. The van der Waals surface area contributed by atoms with Crippen LogP contribution in [0.25, 0.3) is 5.95 Å². The summed E-state index contributed by atoms with van der Waals surface area (Å²) in [4.78, 5) is 35.2. The standard InChI is InChI=1S/C8H9N11O3/c20-11-1-8(2-12-21,3-13-22)14-6-15-17-7(18-16-6)19-5-9-4-10-19/h4-5H,1-3H2,(H,14,15,16). The van der Waals surface area contributed by atoms with Crippen LogP contribution in [0, 0.1) is 14.7 Å². The summed E-state index contributed by atoms with van der Waals surface area (Å²) in [5, 5.41) is 29.3. The molecular weight excluding hydrogens is 298 g/mol. The van der Waals surface area contributed by atoms with E-state index in [-0.39, 0.29) is 11.9 Å². The van der Waals surface area contributed by atoms with Gasteiger partial charge in [-0.3, -0.25) is 0 Å². The Kier molecular flexibility index (Phi) is 4.74. The maximum atomic E-state index is 10.5. The fourth-order valence-electron chi connectivity index (χ4n) is 1.55. The van der Waals surface area contributed by atoms with Crippen LogP contribution in [-0.4, -0.2) is 60.3 Å². The highest BCUT2D eigenvalue weighted by molar-refractivity contribution is 5.28. The molecule has 14 heteroatoms. The van der Waals surface area contributed by atoms with Crippen molar-refractivity contribution in [3.63, 3.8) is 0 Å². The third-order valence-electron chi connectivity index (χ3n) is 2.57. The van der Waals surface area contributed by atoms with E-state index in [9.17, 15) is 14.7 Å². The van der Waals surface area contributed by atoms with Gasteiger partial charge in [0.15, 0.2) is 0 Å². The van der Waals surface area contributed by atoms with Crippen molar-refractivity contribution in [2.45, 2.75) is 5.54 Å². The fraction of sp³-hybridized carbons (Fsp3) is 0.500. The van der Waals surface area contributed by atoms with Crippen molar-refractivity contribution in [3.8, 4) is 5.95 Å². The summed E-state index contributed by atoms with van der Waals surface area (Å²) in [5.41, 5.74) is -1.41. The number of nitrogens with one attached hydrogen (secondary N) is 1. The predicted octanol–water partition coefficient (Wildman–Crippen LogP) is -0.703. The van der Waals surface area contributed by atoms with E-state index in [0.717, 1.165) is 0 Å². The van der Waals surface area contributed by atoms with Gasteiger partial charge in [-0.05, 0) is 0 Å². The number of nitrogens with zero attached hydrogens (tertiary/aromatic N) is 10. The van der Waals surface area contributed by atoms with Gasteiger partial charge in [0.05, 0.1) is 0 Å². The van der Waals surface area contributed by atoms with E-state index in [0.29, 0.717) is 0 Å². The highest BCUT2D eigenvalue weighted by Crippen LogP contribution is 2.14. The quantitative estimate of drug-likeness (QED) is 0.581. The lowest BCUT2D eigenvalue weighted by molar-refractivity contribution is 0.489. The zero-order valence-corrected chi connectivity index (χ0v) is 11.0. The molecule has 0 fully saturated rings. The molecule has 0 aliphatic carbocycles. The molecule has 0 unspecified atom stereocenters. The average molecular weight is 307 g/mol. The summed E-state index contributed by atoms with van der Waals surface area (Å²) in [6, 6.07) is 0. The summed E-state index contributed by atoms with van der Waals surface area (Å²) in [6.07, 6.45) is 2.63. The Morgan fingerprint density at radius 1 is 1.00 bits per heavy atom. The van der Waals surface area contributed by atoms with Gasteiger partial charge < -0.3 is 5.32 Å². The molecule has 0 saturated heterocycles. The topological polar surface area (TPSA) is 183 Å². The first kappa shape index (κ1) is 15.1. The number of nitroso groups, excluding NO2 is 3. The molecule has 2 aromatic heterocycles. The molecule has 2 aromatic rings. The molecule has 0 saturated carbocycles. The van der Waals surface area contributed by atoms with Crippen molar-refractivity contribution in [3.05, 3.63) is 27.4 Å². The van der Waals surface area contributed by atoms with Crippen LogP contribution >= 0.6 is 0 Å². The third-order valence-corrected chi connectivity index (χ3v) is 2.57. The van der Waals surface area contributed by atoms with E-state index in [4.69, 9.17) is 0 Å². The molecule has 2 rings (SSSR count). The Bertz CT molecular complexity index is 601. The van der Waals surface area contributed by atoms with Crippen LogP contribution in [0.4, 0.5) is 5.95 Å². The fourth-order valence-corrected chi connectivity index (χ4v) is 1.55. The Morgan fingerprint density at radius 2 is 1.59 bits per heavy atom. The molecule has 0 amide bonds. The Labute approximate surface area is 121 Å². The number of anilines is 1. The minimum Gasteiger partial charge on any atom is -0.340 e. The van der Waals surface area contributed by atoms with Crippen molar-refractivity contribution >= 4 is 5.95 Å². The second-order valence-electron chi connectivity index (χ2n) is 4.13. The Hall–Kier alpha value is -3.32. The number of rotatable bonds is 9. The van der Waals surface area contributed by atoms with Crippen LogP contribution in [-0.2, 0) is 0 Å². The number of hydrogen-bond acceptors (Lipinski definition) is 13. The van der Waals surface area contributed by atoms with Crippen molar-refractivity contribution in [1.82, 2.24) is 35.2 Å². The molecule has 0 radical (unpaired) electrons. The first-order chi connectivity index (χ1) is 10.7. The van der Waals surface area contributed by atoms with E-state index in [1.54, 1.807) is 0 Å². The monoisotopic (exact) mass is 307 g/mol. The van der Waals surface area contributed by atoms with Gasteiger partial charge in [-0.25, -0.2) is 4.98 Å². The van der Waals surface area contributed by atoms with E-state index >= 15 is 0 Å². The van der Waals surface area contributed by atoms with Crippen molar-refractivity contribution in [2.75, 3.05) is 25.0 Å². The van der Waals surface area contributed by atoms with E-state index < -0.39 is 25.2 Å². The Balaban J connectivity index is 2.20. The summed E-state index contributed by atoms with van der Waals surface area (Å²) >= 11 is 0. The second kappa shape index (κ2) is 6.91. The van der Waals surface area contributed by atoms with Gasteiger partial charge in [-0.15, -0.1) is 20.4 Å². The maximum Gasteiger partial charge on any atom is 0.290 e. The minimum absolute atomic E-state index is 0.0594. The summed E-state index contributed by atoms with van der Waals surface area (Å²) in [5.74, 6) is -0.0657. The minimum atomic E-state index is -1.41. The van der Waals surface area contributed by atoms with Gasteiger partial charge in [0.1, 0.15) is 37.8 Å². The van der Waals surface area contributed by atoms with Crippen molar-refractivity contribution in [1.29, 1.82) is 0 Å². The second-order valence-corrected chi connectivity index (χ2v) is 4.13. The van der Waals surface area contributed by atoms with E-state index in [2.05, 4.69) is 51.3 Å². The van der Waals surface area contributed by atoms with Crippen LogP contribution in [0.1, 0.15) is 0 Å². The van der Waals surface area contributed by atoms with Gasteiger partial charge in [-0.1, -0.05) is 15.5 Å². The highest BCUT2D eigenvalue weighted by atomic mass is 16.3. The van der Waals surface area contributed by atoms with E-state index in [1.165, 1.54) is 17.3 Å². The van der Waals surface area contributed by atoms with Crippen LogP contribution < -0.4 is 5.32 Å². The normalized spacial score (nSPS) is 10.9. The predicted molar refractivity (Wildman–Crippen MR) is 70.9 cm³/mol. The Morgan fingerprint density at radius 3 is 2.05 bits per heavy atom. The van der Waals surface area contributed by atoms with Crippen molar-refractivity contribution in [2.24, 2.45) is 15.5 Å².